The minimum atomic E-state index is -2.02. The maximum absolute atomic E-state index is 13.0. The SMILES string of the molecule is O=C(O)CC(O)C(O)c1cc(F)c(F)cc1[N+](=O)[O-]. The van der Waals surface area contributed by atoms with E-state index in [1.807, 2.05) is 0 Å². The molecule has 0 aliphatic carbocycles. The lowest BCUT2D eigenvalue weighted by molar-refractivity contribution is -0.386. The number of halogens is 2. The molecular weight excluding hydrogens is 268 g/mol. The van der Waals surface area contributed by atoms with Crippen molar-refractivity contribution in [3.05, 3.63) is 39.4 Å². The van der Waals surface area contributed by atoms with E-state index in [4.69, 9.17) is 5.11 Å². The number of nitrogens with zero attached hydrogens (tertiary/aromatic N) is 1. The number of nitro groups is 1. The number of hydrogen-bond donors (Lipinski definition) is 3. The molecule has 0 aliphatic heterocycles. The Kier molecular flexibility index (Phi) is 4.46. The van der Waals surface area contributed by atoms with E-state index in [1.54, 1.807) is 0 Å². The fourth-order valence-corrected chi connectivity index (χ4v) is 1.44. The highest BCUT2D eigenvalue weighted by Gasteiger charge is 2.29. The van der Waals surface area contributed by atoms with Crippen LogP contribution in [0.2, 0.25) is 0 Å². The zero-order valence-electron chi connectivity index (χ0n) is 9.29. The number of aliphatic hydroxyl groups excluding tert-OH is 2. The van der Waals surface area contributed by atoms with Crippen molar-refractivity contribution in [3.8, 4) is 0 Å². The lowest BCUT2D eigenvalue weighted by Gasteiger charge is -2.16. The first-order valence-electron chi connectivity index (χ1n) is 4.95. The van der Waals surface area contributed by atoms with E-state index in [-0.39, 0.29) is 6.07 Å². The second-order valence-corrected chi connectivity index (χ2v) is 3.69. The molecule has 9 heteroatoms. The van der Waals surface area contributed by atoms with Crippen molar-refractivity contribution >= 4 is 11.7 Å². The van der Waals surface area contributed by atoms with Gasteiger partial charge in [0.1, 0.15) is 6.10 Å². The van der Waals surface area contributed by atoms with Crippen LogP contribution in [0.3, 0.4) is 0 Å². The van der Waals surface area contributed by atoms with Crippen LogP contribution in [0.5, 0.6) is 0 Å². The summed E-state index contributed by atoms with van der Waals surface area (Å²) in [5, 5.41) is 38.0. The molecule has 1 rings (SSSR count). The molecule has 1 aromatic rings. The molecule has 0 amide bonds. The van der Waals surface area contributed by atoms with Crippen molar-refractivity contribution in [2.75, 3.05) is 0 Å². The van der Waals surface area contributed by atoms with Gasteiger partial charge in [0.2, 0.25) is 0 Å². The van der Waals surface area contributed by atoms with E-state index in [0.717, 1.165) is 0 Å². The number of benzene rings is 1. The molecule has 1 aromatic carbocycles. The topological polar surface area (TPSA) is 121 Å². The number of aliphatic hydroxyl groups is 2. The number of aliphatic carboxylic acids is 1. The van der Waals surface area contributed by atoms with E-state index in [9.17, 15) is 33.9 Å². The number of carboxylic acids is 1. The summed E-state index contributed by atoms with van der Waals surface area (Å²) in [7, 11) is 0. The van der Waals surface area contributed by atoms with E-state index in [2.05, 4.69) is 0 Å². The van der Waals surface area contributed by atoms with Gasteiger partial charge in [-0.3, -0.25) is 14.9 Å². The van der Waals surface area contributed by atoms with E-state index in [0.29, 0.717) is 6.07 Å². The standard InChI is InChI=1S/C10H9F2NO6/c11-5-1-4(7(13(18)19)2-6(5)12)10(17)8(14)3-9(15)16/h1-2,8,10,14,17H,3H2,(H,15,16). The molecule has 2 unspecified atom stereocenters. The van der Waals surface area contributed by atoms with Crippen molar-refractivity contribution in [1.29, 1.82) is 0 Å². The largest absolute Gasteiger partial charge is 0.481 e. The maximum atomic E-state index is 13.0. The number of carboxylic acid groups (broad SMARTS) is 1. The Bertz CT molecular complexity index is 521. The van der Waals surface area contributed by atoms with Crippen molar-refractivity contribution in [2.45, 2.75) is 18.6 Å². The third-order valence-corrected chi connectivity index (χ3v) is 2.33. The van der Waals surface area contributed by atoms with Crippen LogP contribution in [0.1, 0.15) is 18.1 Å². The third kappa shape index (κ3) is 3.42. The van der Waals surface area contributed by atoms with Gasteiger partial charge >= 0.3 is 5.97 Å². The zero-order chi connectivity index (χ0) is 14.7. The van der Waals surface area contributed by atoms with Crippen molar-refractivity contribution < 1.29 is 33.8 Å². The summed E-state index contributed by atoms with van der Waals surface area (Å²) in [5.41, 5.74) is -1.64. The Balaban J connectivity index is 3.21. The molecule has 2 atom stereocenters. The smallest absolute Gasteiger partial charge is 0.306 e. The van der Waals surface area contributed by atoms with Crippen LogP contribution in [0.25, 0.3) is 0 Å². The maximum Gasteiger partial charge on any atom is 0.306 e. The highest BCUT2D eigenvalue weighted by Crippen LogP contribution is 2.30. The van der Waals surface area contributed by atoms with Crippen LogP contribution in [-0.4, -0.2) is 32.3 Å². The molecule has 19 heavy (non-hydrogen) atoms. The minimum Gasteiger partial charge on any atom is -0.481 e. The van der Waals surface area contributed by atoms with Crippen LogP contribution in [0.15, 0.2) is 12.1 Å². The first kappa shape index (κ1) is 14.9. The fraction of sp³-hybridized carbons (Fsp3) is 0.300. The minimum absolute atomic E-state index is 0.251. The summed E-state index contributed by atoms with van der Waals surface area (Å²) in [6.45, 7) is 0. The highest BCUT2D eigenvalue weighted by atomic mass is 19.2. The summed E-state index contributed by atoms with van der Waals surface area (Å²) in [5.74, 6) is -4.41. The van der Waals surface area contributed by atoms with Crippen LogP contribution in [0.4, 0.5) is 14.5 Å². The number of nitro benzene ring substituents is 1. The van der Waals surface area contributed by atoms with Crippen LogP contribution >= 0.6 is 0 Å². The van der Waals surface area contributed by atoms with Gasteiger partial charge in [-0.15, -0.1) is 0 Å². The monoisotopic (exact) mass is 277 g/mol. The first-order chi connectivity index (χ1) is 8.73. The Morgan fingerprint density at radius 3 is 2.32 bits per heavy atom. The lowest BCUT2D eigenvalue weighted by atomic mass is 10.00. The van der Waals surface area contributed by atoms with Crippen molar-refractivity contribution in [1.82, 2.24) is 0 Å². The second kappa shape index (κ2) is 5.67. The number of rotatable bonds is 5. The second-order valence-electron chi connectivity index (χ2n) is 3.69. The van der Waals surface area contributed by atoms with Crippen molar-refractivity contribution in [3.63, 3.8) is 0 Å². The van der Waals surface area contributed by atoms with Gasteiger partial charge in [-0.05, 0) is 6.07 Å². The summed E-state index contributed by atoms with van der Waals surface area (Å²) in [6, 6.07) is 0.602. The molecule has 0 saturated carbocycles. The van der Waals surface area contributed by atoms with Crippen molar-refractivity contribution in [2.24, 2.45) is 0 Å². The summed E-state index contributed by atoms with van der Waals surface area (Å²) in [6.07, 6.45) is -4.82. The Labute approximate surface area is 104 Å². The Hall–Kier alpha value is -2.13. The van der Waals surface area contributed by atoms with Gasteiger partial charge in [0.05, 0.1) is 29.1 Å². The molecule has 0 bridgehead atoms. The van der Waals surface area contributed by atoms with E-state index in [1.165, 1.54) is 0 Å². The third-order valence-electron chi connectivity index (χ3n) is 2.33. The highest BCUT2D eigenvalue weighted by molar-refractivity contribution is 5.67. The molecule has 0 aliphatic rings. The molecule has 0 heterocycles. The van der Waals surface area contributed by atoms with Gasteiger partial charge in [-0.1, -0.05) is 0 Å². The quantitative estimate of drug-likeness (QED) is 0.539. The predicted molar refractivity (Wildman–Crippen MR) is 56.2 cm³/mol. The Morgan fingerprint density at radius 1 is 1.32 bits per heavy atom. The molecule has 7 nitrogen and oxygen atoms in total. The normalized spacial score (nSPS) is 13.9. The van der Waals surface area contributed by atoms with Crippen LogP contribution in [-0.2, 0) is 4.79 Å². The molecule has 0 radical (unpaired) electrons. The summed E-state index contributed by atoms with van der Waals surface area (Å²) >= 11 is 0. The first-order valence-corrected chi connectivity index (χ1v) is 4.95. The molecule has 104 valence electrons. The average Bonchev–Trinajstić information content (AvgIpc) is 2.29. The van der Waals surface area contributed by atoms with Crippen LogP contribution < -0.4 is 0 Å². The molecule has 0 fully saturated rings. The fourth-order valence-electron chi connectivity index (χ4n) is 1.44. The van der Waals surface area contributed by atoms with Crippen LogP contribution in [0, 0.1) is 21.7 Å². The number of hydrogen-bond acceptors (Lipinski definition) is 5. The van der Waals surface area contributed by atoms with Gasteiger partial charge < -0.3 is 15.3 Å². The predicted octanol–water partition coefficient (Wildman–Crippen LogP) is 0.742. The average molecular weight is 277 g/mol. The van der Waals surface area contributed by atoms with Gasteiger partial charge in [-0.25, -0.2) is 8.78 Å². The van der Waals surface area contributed by atoms with Gasteiger partial charge in [0, 0.05) is 0 Å². The zero-order valence-corrected chi connectivity index (χ0v) is 9.29. The molecule has 3 N–H and O–H groups in total. The van der Waals surface area contributed by atoms with Gasteiger partial charge in [-0.2, -0.15) is 0 Å². The van der Waals surface area contributed by atoms with Gasteiger partial charge in [0.25, 0.3) is 5.69 Å². The van der Waals surface area contributed by atoms with E-state index >= 15 is 0 Å². The summed E-state index contributed by atoms with van der Waals surface area (Å²) in [4.78, 5) is 19.9. The summed E-state index contributed by atoms with van der Waals surface area (Å²) < 4.78 is 25.9. The Morgan fingerprint density at radius 2 is 1.84 bits per heavy atom. The lowest BCUT2D eigenvalue weighted by Crippen LogP contribution is -2.22. The molecule has 0 saturated heterocycles. The number of carbonyl (C=O) groups is 1. The molecule has 0 spiro atoms. The molecule has 0 aromatic heterocycles. The van der Waals surface area contributed by atoms with E-state index < -0.39 is 52.4 Å². The van der Waals surface area contributed by atoms with Gasteiger partial charge in [0.15, 0.2) is 11.6 Å². The molecular formula is C10H9F2NO6.